The van der Waals surface area contributed by atoms with E-state index in [-0.39, 0.29) is 0 Å². The van der Waals surface area contributed by atoms with E-state index >= 15 is 0 Å². The topological polar surface area (TPSA) is 0 Å². The molecule has 0 heteroatoms. The molecule has 0 nitrogen and oxygen atoms in total. The molecule has 0 aromatic rings. The van der Waals surface area contributed by atoms with Crippen LogP contribution in [0.2, 0.25) is 0 Å². The van der Waals surface area contributed by atoms with Crippen molar-refractivity contribution in [2.24, 2.45) is 16.7 Å². The summed E-state index contributed by atoms with van der Waals surface area (Å²) in [5, 5.41) is 0. The van der Waals surface area contributed by atoms with E-state index in [9.17, 15) is 0 Å². The van der Waals surface area contributed by atoms with E-state index in [0.29, 0.717) is 10.8 Å². The first-order valence-electron chi connectivity index (χ1n) is 35.1. The van der Waals surface area contributed by atoms with Crippen LogP contribution < -0.4 is 0 Å². The molecule has 0 aliphatic carbocycles. The minimum absolute atomic E-state index is 0.534. The third-order valence-corrected chi connectivity index (χ3v) is 18.6. The second-order valence-corrected chi connectivity index (χ2v) is 25.1. The predicted octanol–water partition coefficient (Wildman–Crippen LogP) is 27.5. The number of hydrogen-bond acceptors (Lipinski definition) is 0. The van der Waals surface area contributed by atoms with E-state index in [0.717, 1.165) is 5.92 Å². The van der Waals surface area contributed by atoms with Gasteiger partial charge in [-0.1, -0.05) is 395 Å². The van der Waals surface area contributed by atoms with Crippen molar-refractivity contribution in [2.75, 3.05) is 0 Å². The zero-order valence-electron chi connectivity index (χ0n) is 51.7. The molecule has 0 N–H and O–H groups in total. The van der Waals surface area contributed by atoms with Crippen molar-refractivity contribution in [3.8, 4) is 0 Å². The Morgan fingerprint density at radius 1 is 0.169 bits per heavy atom. The molecule has 0 saturated carbocycles. The van der Waals surface area contributed by atoms with E-state index in [1.54, 1.807) is 44.9 Å². The van der Waals surface area contributed by atoms with Gasteiger partial charge in [-0.25, -0.2) is 0 Å². The van der Waals surface area contributed by atoms with Crippen LogP contribution >= 0.6 is 0 Å². The van der Waals surface area contributed by atoms with Crippen molar-refractivity contribution in [1.29, 1.82) is 0 Å². The second kappa shape index (κ2) is 57.7. The van der Waals surface area contributed by atoms with Gasteiger partial charge in [0.15, 0.2) is 0 Å². The second-order valence-electron chi connectivity index (χ2n) is 25.1. The Hall–Kier alpha value is 0. The maximum Gasteiger partial charge on any atom is -0.0213 e. The molecule has 0 radical (unpaired) electrons. The lowest BCUT2D eigenvalue weighted by atomic mass is 9.47. The Balaban J connectivity index is 7.37. The van der Waals surface area contributed by atoms with E-state index in [1.165, 1.54) is 347 Å². The monoisotopic (exact) mass is 997 g/mol. The summed E-state index contributed by atoms with van der Waals surface area (Å²) in [6.07, 6.45) is 90.6. The fraction of sp³-hybridized carbons (Fsp3) is 1.00. The summed E-state index contributed by atoms with van der Waals surface area (Å²) in [5.41, 5.74) is 1.07. The molecule has 0 heterocycles. The molecule has 0 spiro atoms. The van der Waals surface area contributed by atoms with E-state index in [4.69, 9.17) is 0 Å². The van der Waals surface area contributed by atoms with Crippen molar-refractivity contribution in [3.63, 3.8) is 0 Å². The summed E-state index contributed by atoms with van der Waals surface area (Å²) in [6.45, 7) is 16.8. The van der Waals surface area contributed by atoms with Gasteiger partial charge >= 0.3 is 0 Å². The van der Waals surface area contributed by atoms with Crippen molar-refractivity contribution >= 4 is 0 Å². The summed E-state index contributed by atoms with van der Waals surface area (Å²) in [7, 11) is 0. The van der Waals surface area contributed by atoms with E-state index < -0.39 is 0 Å². The first kappa shape index (κ1) is 71.0. The molecule has 0 aliphatic rings. The van der Waals surface area contributed by atoms with Crippen LogP contribution in [0.25, 0.3) is 0 Å². The molecule has 0 aromatic heterocycles. The fourth-order valence-corrected chi connectivity index (χ4v) is 14.0. The SMILES string of the molecule is CCCCCCCCCCCCC(CCCCCCCCCC)(CCCCCCCCCCC)C(CCCCCCCC)(CCCCCCCCC)C(CCCCCCC)CCCCCCCCCCC. The van der Waals surface area contributed by atoms with Gasteiger partial charge in [0, 0.05) is 0 Å². The lowest BCUT2D eigenvalue weighted by molar-refractivity contribution is -0.0763. The largest absolute Gasteiger partial charge is 0.0654 e. The van der Waals surface area contributed by atoms with Crippen LogP contribution in [0.4, 0.5) is 0 Å². The highest BCUT2D eigenvalue weighted by Gasteiger charge is 2.52. The first-order valence-corrected chi connectivity index (χ1v) is 35.1. The molecule has 0 aromatic carbocycles. The normalized spacial score (nSPS) is 14.1. The lowest BCUT2D eigenvalue weighted by Gasteiger charge is -2.57. The Kier molecular flexibility index (Phi) is 57.7. The molecule has 0 saturated heterocycles. The minimum atomic E-state index is 0.534. The maximum absolute atomic E-state index is 2.43. The van der Waals surface area contributed by atoms with Crippen LogP contribution in [0.3, 0.4) is 0 Å². The van der Waals surface area contributed by atoms with Crippen LogP contribution in [0.5, 0.6) is 0 Å². The van der Waals surface area contributed by atoms with Gasteiger partial charge in [0.1, 0.15) is 0 Å². The highest BCUT2D eigenvalue weighted by atomic mass is 14.6. The summed E-state index contributed by atoms with van der Waals surface area (Å²) in [4.78, 5) is 0. The molecular formula is C71H144. The van der Waals surface area contributed by atoms with Gasteiger partial charge in [0.05, 0.1) is 0 Å². The van der Waals surface area contributed by atoms with Gasteiger partial charge in [-0.3, -0.25) is 0 Å². The van der Waals surface area contributed by atoms with Gasteiger partial charge in [-0.05, 0) is 61.7 Å². The summed E-state index contributed by atoms with van der Waals surface area (Å²) < 4.78 is 0. The van der Waals surface area contributed by atoms with Crippen LogP contribution in [0.15, 0.2) is 0 Å². The third kappa shape index (κ3) is 41.8. The Morgan fingerprint density at radius 3 is 0.521 bits per heavy atom. The van der Waals surface area contributed by atoms with Crippen molar-refractivity contribution < 1.29 is 0 Å². The zero-order chi connectivity index (χ0) is 51.7. The molecule has 3 atom stereocenters. The molecule has 3 unspecified atom stereocenters. The van der Waals surface area contributed by atoms with Crippen LogP contribution in [0, 0.1) is 16.7 Å². The number of rotatable bonds is 63. The van der Waals surface area contributed by atoms with Gasteiger partial charge in [-0.15, -0.1) is 0 Å². The Morgan fingerprint density at radius 2 is 0.324 bits per heavy atom. The van der Waals surface area contributed by atoms with Crippen LogP contribution in [-0.2, 0) is 0 Å². The van der Waals surface area contributed by atoms with Gasteiger partial charge < -0.3 is 0 Å². The fourth-order valence-electron chi connectivity index (χ4n) is 14.0. The van der Waals surface area contributed by atoms with Crippen molar-refractivity contribution in [1.82, 2.24) is 0 Å². The maximum atomic E-state index is 2.43. The molecule has 0 fully saturated rings. The van der Waals surface area contributed by atoms with Crippen molar-refractivity contribution in [2.45, 2.75) is 440 Å². The average Bonchev–Trinajstić information content (AvgIpc) is 3.38. The molecule has 0 amide bonds. The Labute approximate surface area is 454 Å². The highest BCUT2D eigenvalue weighted by Crippen LogP contribution is 2.62. The minimum Gasteiger partial charge on any atom is -0.0654 e. The Bertz CT molecular complexity index is 950. The van der Waals surface area contributed by atoms with Gasteiger partial charge in [0.2, 0.25) is 0 Å². The van der Waals surface area contributed by atoms with E-state index in [2.05, 4.69) is 48.5 Å². The summed E-state index contributed by atoms with van der Waals surface area (Å²) in [6, 6.07) is 0. The lowest BCUT2D eigenvalue weighted by Crippen LogP contribution is -2.48. The van der Waals surface area contributed by atoms with E-state index in [1.807, 2.05) is 0 Å². The zero-order valence-corrected chi connectivity index (χ0v) is 51.7. The van der Waals surface area contributed by atoms with Crippen LogP contribution in [0.1, 0.15) is 440 Å². The molecule has 71 heavy (non-hydrogen) atoms. The molecule has 428 valence electrons. The number of hydrogen-bond donors (Lipinski definition) is 0. The highest BCUT2D eigenvalue weighted by molar-refractivity contribution is 5.02. The molecule has 0 rings (SSSR count). The summed E-state index contributed by atoms with van der Waals surface area (Å²) in [5.74, 6) is 0.945. The molecular weight excluding hydrogens is 853 g/mol. The van der Waals surface area contributed by atoms with Crippen LogP contribution in [-0.4, -0.2) is 0 Å². The smallest absolute Gasteiger partial charge is 0.0213 e. The number of unbranched alkanes of at least 4 members (excludes halogenated alkanes) is 47. The quantitative estimate of drug-likeness (QED) is 0.0533. The molecule has 0 bridgehead atoms. The first-order chi connectivity index (χ1) is 35.1. The van der Waals surface area contributed by atoms with Gasteiger partial charge in [-0.2, -0.15) is 0 Å². The van der Waals surface area contributed by atoms with Gasteiger partial charge in [0.25, 0.3) is 0 Å². The average molecular weight is 998 g/mol. The standard InChI is InChI=1S/C71H144/c1-8-15-22-29-35-39-42-47-52-59-66-70(64-57-50-45-38-32-25-18-11-4,65-58-51-46-41-37-31-24-17-10-3)71(67-60-53-34-27-20-13-6,68-61-54-44-33-26-19-12-5)69(62-55-48-28-21-14-7)63-56-49-43-40-36-30-23-16-9-2/h69H,8-68H2,1-7H3. The predicted molar refractivity (Wildman–Crippen MR) is 330 cm³/mol. The molecule has 0 aliphatic heterocycles. The third-order valence-electron chi connectivity index (χ3n) is 18.6. The summed E-state index contributed by atoms with van der Waals surface area (Å²) >= 11 is 0. The van der Waals surface area contributed by atoms with Crippen molar-refractivity contribution in [3.05, 3.63) is 0 Å².